The maximum atomic E-state index is 10.1. The van der Waals surface area contributed by atoms with Gasteiger partial charge in [-0.05, 0) is 53.5 Å². The maximum Gasteiger partial charge on any atom is 0.165 e. The van der Waals surface area contributed by atoms with Crippen molar-refractivity contribution in [3.63, 3.8) is 0 Å². The van der Waals surface area contributed by atoms with Gasteiger partial charge >= 0.3 is 0 Å². The van der Waals surface area contributed by atoms with E-state index < -0.39 is 0 Å². The fraction of sp³-hybridized carbons (Fsp3) is 0.222. The molecule has 156 valence electrons. The number of fused-ring (bicyclic) bond motifs is 1. The van der Waals surface area contributed by atoms with Crippen molar-refractivity contribution in [2.45, 2.75) is 30.3 Å². The Labute approximate surface area is 187 Å². The summed E-state index contributed by atoms with van der Waals surface area (Å²) in [6.45, 7) is 0. The molecule has 31 heavy (non-hydrogen) atoms. The van der Waals surface area contributed by atoms with Crippen molar-refractivity contribution in [1.29, 1.82) is 0 Å². The monoisotopic (exact) mass is 426 g/mol. The van der Waals surface area contributed by atoms with E-state index in [-0.39, 0.29) is 5.92 Å². The number of nitrogens with one attached hydrogen (secondary N) is 1. The highest BCUT2D eigenvalue weighted by Gasteiger charge is 2.22. The zero-order chi connectivity index (χ0) is 21.0. The van der Waals surface area contributed by atoms with Crippen LogP contribution < -0.4 is 0 Å². The van der Waals surface area contributed by atoms with Crippen LogP contribution in [-0.2, 0) is 12.8 Å². The summed E-state index contributed by atoms with van der Waals surface area (Å²) in [7, 11) is 0. The van der Waals surface area contributed by atoms with E-state index in [0.29, 0.717) is 11.7 Å². The van der Waals surface area contributed by atoms with Gasteiger partial charge in [-0.3, -0.25) is 0 Å². The third-order valence-electron chi connectivity index (χ3n) is 6.16. The molecule has 2 N–H and O–H groups in total. The second-order valence-corrected chi connectivity index (χ2v) is 9.24. The number of aromatic nitrogens is 2. The lowest BCUT2D eigenvalue weighted by atomic mass is 9.84. The Morgan fingerprint density at radius 1 is 0.935 bits per heavy atom. The minimum Gasteiger partial charge on any atom is -0.508 e. The van der Waals surface area contributed by atoms with Crippen molar-refractivity contribution in [3.05, 3.63) is 113 Å². The number of hydrogen-bond acceptors (Lipinski definition) is 3. The first-order valence-corrected chi connectivity index (χ1v) is 11.8. The molecule has 0 spiro atoms. The van der Waals surface area contributed by atoms with Gasteiger partial charge in [0.1, 0.15) is 5.75 Å². The summed E-state index contributed by atoms with van der Waals surface area (Å²) in [4.78, 5) is 8.29. The smallest absolute Gasteiger partial charge is 0.165 e. The lowest BCUT2D eigenvalue weighted by molar-refractivity contribution is 0.446. The van der Waals surface area contributed by atoms with Gasteiger partial charge in [0.15, 0.2) is 5.16 Å². The standard InChI is InChI=1S/C27H26N2OS/c30-25-13-7-12-22-16-19(14-15-23(22)25)18-31-27-28-17-24(29-27)26(20-8-3-1-4-9-20)21-10-5-2-6-11-21/h1-13,17,19,26,30H,14-16,18H2,(H,28,29). The highest BCUT2D eigenvalue weighted by atomic mass is 32.2. The number of aromatic amines is 1. The predicted molar refractivity (Wildman–Crippen MR) is 127 cm³/mol. The van der Waals surface area contributed by atoms with Crippen LogP contribution in [0.25, 0.3) is 0 Å². The van der Waals surface area contributed by atoms with Crippen LogP contribution in [0, 0.1) is 5.92 Å². The second kappa shape index (κ2) is 9.03. The summed E-state index contributed by atoms with van der Waals surface area (Å²) in [6.07, 6.45) is 5.09. The largest absolute Gasteiger partial charge is 0.508 e. The van der Waals surface area contributed by atoms with Crippen molar-refractivity contribution >= 4 is 11.8 Å². The van der Waals surface area contributed by atoms with Gasteiger partial charge in [0.25, 0.3) is 0 Å². The fourth-order valence-corrected chi connectivity index (χ4v) is 5.58. The molecule has 0 fully saturated rings. The predicted octanol–water partition coefficient (Wildman–Crippen LogP) is 6.19. The first-order valence-electron chi connectivity index (χ1n) is 10.9. The van der Waals surface area contributed by atoms with Gasteiger partial charge in [-0.25, -0.2) is 4.98 Å². The lowest BCUT2D eigenvalue weighted by Gasteiger charge is -2.24. The number of H-pyrrole nitrogens is 1. The van der Waals surface area contributed by atoms with Crippen LogP contribution in [0.2, 0.25) is 0 Å². The zero-order valence-electron chi connectivity index (χ0n) is 17.4. The molecule has 1 atom stereocenters. The molecule has 1 aliphatic rings. The van der Waals surface area contributed by atoms with Crippen LogP contribution in [0.4, 0.5) is 0 Å². The van der Waals surface area contributed by atoms with E-state index in [1.165, 1.54) is 16.7 Å². The molecule has 0 saturated carbocycles. The molecule has 4 heteroatoms. The molecule has 0 bridgehead atoms. The number of imidazole rings is 1. The number of aromatic hydroxyl groups is 1. The number of phenols is 1. The van der Waals surface area contributed by atoms with Crippen LogP contribution >= 0.6 is 11.8 Å². The van der Waals surface area contributed by atoms with Gasteiger partial charge in [-0.15, -0.1) is 0 Å². The van der Waals surface area contributed by atoms with Crippen molar-refractivity contribution in [3.8, 4) is 5.75 Å². The summed E-state index contributed by atoms with van der Waals surface area (Å²) in [5.74, 6) is 2.23. The summed E-state index contributed by atoms with van der Waals surface area (Å²) in [5, 5.41) is 11.1. The Hall–Kier alpha value is -2.98. The van der Waals surface area contributed by atoms with Crippen LogP contribution in [0.1, 0.15) is 40.3 Å². The normalized spacial score (nSPS) is 15.7. The van der Waals surface area contributed by atoms with Crippen LogP contribution in [0.15, 0.2) is 90.2 Å². The van der Waals surface area contributed by atoms with Crippen LogP contribution in [-0.4, -0.2) is 20.8 Å². The van der Waals surface area contributed by atoms with Crippen molar-refractivity contribution in [1.82, 2.24) is 9.97 Å². The molecular formula is C27H26N2OS. The molecule has 0 aliphatic heterocycles. The quantitative estimate of drug-likeness (QED) is 0.361. The molecule has 1 heterocycles. The van der Waals surface area contributed by atoms with Crippen molar-refractivity contribution in [2.24, 2.45) is 5.92 Å². The summed E-state index contributed by atoms with van der Waals surface area (Å²) in [5.41, 5.74) is 6.08. The third-order valence-corrected chi connectivity index (χ3v) is 7.28. The average molecular weight is 427 g/mol. The number of benzene rings is 3. The summed E-state index contributed by atoms with van der Waals surface area (Å²) >= 11 is 1.81. The third kappa shape index (κ3) is 4.40. The molecule has 1 unspecified atom stereocenters. The van der Waals surface area contributed by atoms with E-state index in [0.717, 1.165) is 41.4 Å². The molecule has 3 nitrogen and oxygen atoms in total. The highest BCUT2D eigenvalue weighted by molar-refractivity contribution is 7.99. The molecule has 1 aliphatic carbocycles. The van der Waals surface area contributed by atoms with E-state index >= 15 is 0 Å². The first kappa shape index (κ1) is 20.0. The van der Waals surface area contributed by atoms with Gasteiger partial charge in [0.05, 0.1) is 12.1 Å². The Bertz CT molecular complexity index is 1100. The van der Waals surface area contributed by atoms with Gasteiger partial charge in [-0.1, -0.05) is 84.6 Å². The molecule has 5 rings (SSSR count). The van der Waals surface area contributed by atoms with E-state index in [2.05, 4.69) is 71.7 Å². The van der Waals surface area contributed by atoms with Gasteiger partial charge in [0, 0.05) is 11.4 Å². The van der Waals surface area contributed by atoms with E-state index in [4.69, 9.17) is 4.98 Å². The lowest BCUT2D eigenvalue weighted by Crippen LogP contribution is -2.16. The summed E-state index contributed by atoms with van der Waals surface area (Å²) in [6, 6.07) is 27.1. The number of phenolic OH excluding ortho intramolecular Hbond substituents is 1. The number of nitrogens with zero attached hydrogens (tertiary/aromatic N) is 1. The van der Waals surface area contributed by atoms with Crippen LogP contribution in [0.3, 0.4) is 0 Å². The zero-order valence-corrected chi connectivity index (χ0v) is 18.2. The molecule has 0 radical (unpaired) electrons. The fourth-order valence-electron chi connectivity index (χ4n) is 4.58. The van der Waals surface area contributed by atoms with Crippen molar-refractivity contribution in [2.75, 3.05) is 5.75 Å². The SMILES string of the molecule is Oc1cccc2c1CCC(CSc1ncc(C(c3ccccc3)c3ccccc3)[nH]1)C2. The molecule has 3 aromatic carbocycles. The minimum absolute atomic E-state index is 0.147. The van der Waals surface area contributed by atoms with Crippen molar-refractivity contribution < 1.29 is 5.11 Å². The topological polar surface area (TPSA) is 48.9 Å². The molecule has 4 aromatic rings. The second-order valence-electron chi connectivity index (χ2n) is 8.23. The molecule has 1 aromatic heterocycles. The Balaban J connectivity index is 1.31. The van der Waals surface area contributed by atoms with E-state index in [1.807, 2.05) is 12.3 Å². The van der Waals surface area contributed by atoms with E-state index in [1.54, 1.807) is 17.8 Å². The molecule has 0 saturated heterocycles. The Kier molecular flexibility index (Phi) is 5.81. The first-order chi connectivity index (χ1) is 15.3. The number of hydrogen-bond donors (Lipinski definition) is 2. The highest BCUT2D eigenvalue weighted by Crippen LogP contribution is 2.35. The maximum absolute atomic E-state index is 10.1. The Morgan fingerprint density at radius 2 is 1.65 bits per heavy atom. The van der Waals surface area contributed by atoms with Crippen LogP contribution in [0.5, 0.6) is 5.75 Å². The van der Waals surface area contributed by atoms with Gasteiger partial charge in [0.2, 0.25) is 0 Å². The van der Waals surface area contributed by atoms with Gasteiger partial charge in [-0.2, -0.15) is 0 Å². The molecule has 0 amide bonds. The minimum atomic E-state index is 0.147. The van der Waals surface area contributed by atoms with Gasteiger partial charge < -0.3 is 10.1 Å². The van der Waals surface area contributed by atoms with E-state index in [9.17, 15) is 5.11 Å². The number of thioether (sulfide) groups is 1. The summed E-state index contributed by atoms with van der Waals surface area (Å²) < 4.78 is 0. The Morgan fingerprint density at radius 3 is 2.35 bits per heavy atom. The average Bonchev–Trinajstić information content (AvgIpc) is 3.28. The molecular weight excluding hydrogens is 400 g/mol. The number of rotatable bonds is 6.